The van der Waals surface area contributed by atoms with E-state index in [1.165, 1.54) is 16.7 Å². The first-order chi connectivity index (χ1) is 19.2. The highest BCUT2D eigenvalue weighted by atomic mass is 16.5. The molecule has 0 bridgehead atoms. The maximum atomic E-state index is 13.4. The topological polar surface area (TPSA) is 67.6 Å². The Kier molecular flexibility index (Phi) is 8.08. The Bertz CT molecular complexity index is 1500. The van der Waals surface area contributed by atoms with Crippen LogP contribution in [-0.4, -0.2) is 35.6 Å². The zero-order valence-electron chi connectivity index (χ0n) is 24.4. The zero-order valence-corrected chi connectivity index (χ0v) is 24.4. The molecule has 1 amide bonds. The standard InChI is InChI=1S/C34H39N3O3/c1-21(2)28-18-29(30(16-23(28)5)39-20-24-10-8-7-9-11-24)32-31(33(40-36-32)34(38)35-22(3)4)26-12-13-27-19-37(6)15-14-25(27)17-26/h7-13,16-18,21-22H,14-15,19-20H2,1-6H3,(H,35,38). The Morgan fingerprint density at radius 3 is 2.55 bits per heavy atom. The van der Waals surface area contributed by atoms with Gasteiger partial charge in [0.15, 0.2) is 0 Å². The van der Waals surface area contributed by atoms with Crippen LogP contribution < -0.4 is 10.1 Å². The van der Waals surface area contributed by atoms with Gasteiger partial charge in [0.05, 0.1) is 5.56 Å². The molecule has 0 radical (unpaired) electrons. The van der Waals surface area contributed by atoms with Gasteiger partial charge in [-0.2, -0.15) is 0 Å². The van der Waals surface area contributed by atoms with Gasteiger partial charge in [0.2, 0.25) is 5.76 Å². The van der Waals surface area contributed by atoms with E-state index >= 15 is 0 Å². The molecule has 6 heteroatoms. The van der Waals surface area contributed by atoms with Gasteiger partial charge < -0.3 is 19.5 Å². The number of amides is 1. The molecule has 4 aromatic rings. The fourth-order valence-electron chi connectivity index (χ4n) is 5.43. The number of nitrogens with one attached hydrogen (secondary N) is 1. The molecule has 1 aliphatic rings. The van der Waals surface area contributed by atoms with E-state index in [0.29, 0.717) is 23.8 Å². The van der Waals surface area contributed by atoms with Crippen LogP contribution in [0.3, 0.4) is 0 Å². The second-order valence-corrected chi connectivity index (χ2v) is 11.5. The van der Waals surface area contributed by atoms with E-state index in [1.807, 2.05) is 32.0 Å². The highest BCUT2D eigenvalue weighted by molar-refractivity contribution is 6.02. The summed E-state index contributed by atoms with van der Waals surface area (Å²) in [6.45, 7) is 12.7. The molecule has 1 aliphatic heterocycles. The van der Waals surface area contributed by atoms with Gasteiger partial charge in [0.1, 0.15) is 18.1 Å². The molecule has 1 N–H and O–H groups in total. The molecular formula is C34H39N3O3. The van der Waals surface area contributed by atoms with Crippen LogP contribution in [0.15, 0.2) is 65.2 Å². The average Bonchev–Trinajstić information content (AvgIpc) is 3.37. The van der Waals surface area contributed by atoms with E-state index < -0.39 is 0 Å². The average molecular weight is 538 g/mol. The van der Waals surface area contributed by atoms with Gasteiger partial charge in [-0.25, -0.2) is 0 Å². The van der Waals surface area contributed by atoms with E-state index in [0.717, 1.165) is 47.5 Å². The van der Waals surface area contributed by atoms with Crippen molar-refractivity contribution in [2.24, 2.45) is 0 Å². The zero-order chi connectivity index (χ0) is 28.4. The van der Waals surface area contributed by atoms with Gasteiger partial charge in [-0.1, -0.05) is 67.5 Å². The fraction of sp³-hybridized carbons (Fsp3) is 0.353. The molecule has 208 valence electrons. The molecule has 0 fully saturated rings. The second kappa shape index (κ2) is 11.7. The summed E-state index contributed by atoms with van der Waals surface area (Å²) in [5.41, 5.74) is 9.11. The third-order valence-corrected chi connectivity index (χ3v) is 7.50. The summed E-state index contributed by atoms with van der Waals surface area (Å²) in [6.07, 6.45) is 0.960. The number of fused-ring (bicyclic) bond motifs is 1. The van der Waals surface area contributed by atoms with Gasteiger partial charge >= 0.3 is 0 Å². The van der Waals surface area contributed by atoms with Crippen molar-refractivity contribution in [1.29, 1.82) is 0 Å². The number of rotatable bonds is 8. The first kappa shape index (κ1) is 27.7. The van der Waals surface area contributed by atoms with Crippen LogP contribution in [0.25, 0.3) is 22.4 Å². The number of likely N-dealkylation sites (N-methyl/N-ethyl adjacent to an activating group) is 1. The van der Waals surface area contributed by atoms with E-state index in [4.69, 9.17) is 9.26 Å². The lowest BCUT2D eigenvalue weighted by Crippen LogP contribution is -2.30. The Hall–Kier alpha value is -3.90. The number of ether oxygens (including phenoxy) is 1. The highest BCUT2D eigenvalue weighted by Gasteiger charge is 2.28. The summed E-state index contributed by atoms with van der Waals surface area (Å²) in [5, 5.41) is 7.53. The van der Waals surface area contributed by atoms with Gasteiger partial charge in [-0.05, 0) is 85.7 Å². The Labute approximate surface area is 237 Å². The van der Waals surface area contributed by atoms with Crippen LogP contribution >= 0.6 is 0 Å². The smallest absolute Gasteiger partial charge is 0.290 e. The quantitative estimate of drug-likeness (QED) is 0.259. The maximum Gasteiger partial charge on any atom is 0.290 e. The van der Waals surface area contributed by atoms with Crippen LogP contribution in [0.1, 0.15) is 72.0 Å². The summed E-state index contributed by atoms with van der Waals surface area (Å²) in [6, 6.07) is 20.8. The van der Waals surface area contributed by atoms with Crippen LogP contribution in [0.4, 0.5) is 0 Å². The normalized spacial score (nSPS) is 13.5. The molecule has 0 aliphatic carbocycles. The van der Waals surface area contributed by atoms with Crippen molar-refractivity contribution in [1.82, 2.24) is 15.4 Å². The minimum absolute atomic E-state index is 0.0374. The molecule has 0 atom stereocenters. The lowest BCUT2D eigenvalue weighted by Gasteiger charge is -2.25. The lowest BCUT2D eigenvalue weighted by atomic mass is 9.90. The van der Waals surface area contributed by atoms with Crippen LogP contribution in [0.5, 0.6) is 5.75 Å². The van der Waals surface area contributed by atoms with Gasteiger partial charge in [0.25, 0.3) is 5.91 Å². The van der Waals surface area contributed by atoms with E-state index in [1.54, 1.807) is 0 Å². The molecule has 1 aromatic heterocycles. The first-order valence-corrected chi connectivity index (χ1v) is 14.1. The number of hydrogen-bond acceptors (Lipinski definition) is 5. The molecule has 3 aromatic carbocycles. The van der Waals surface area contributed by atoms with E-state index in [9.17, 15) is 4.79 Å². The number of aromatic nitrogens is 1. The van der Waals surface area contributed by atoms with Crippen molar-refractivity contribution in [3.63, 3.8) is 0 Å². The number of aryl methyl sites for hydroxylation is 1. The Morgan fingerprint density at radius 2 is 1.82 bits per heavy atom. The van der Waals surface area contributed by atoms with Crippen molar-refractivity contribution >= 4 is 5.91 Å². The minimum atomic E-state index is -0.274. The minimum Gasteiger partial charge on any atom is -0.488 e. The molecule has 5 rings (SSSR count). The molecular weight excluding hydrogens is 498 g/mol. The number of carbonyl (C=O) groups excluding carboxylic acids is 1. The fourth-order valence-corrected chi connectivity index (χ4v) is 5.43. The first-order valence-electron chi connectivity index (χ1n) is 14.1. The summed E-state index contributed by atoms with van der Waals surface area (Å²) in [4.78, 5) is 15.7. The van der Waals surface area contributed by atoms with Gasteiger partial charge in [-0.3, -0.25) is 4.79 Å². The molecule has 6 nitrogen and oxygen atoms in total. The van der Waals surface area contributed by atoms with E-state index in [2.05, 4.69) is 85.7 Å². The Balaban J connectivity index is 1.67. The van der Waals surface area contributed by atoms with Crippen LogP contribution in [-0.2, 0) is 19.6 Å². The summed E-state index contributed by atoms with van der Waals surface area (Å²) in [7, 11) is 2.14. The molecule has 0 spiro atoms. The number of benzene rings is 3. The number of nitrogens with zero attached hydrogens (tertiary/aromatic N) is 2. The van der Waals surface area contributed by atoms with E-state index in [-0.39, 0.29) is 17.7 Å². The summed E-state index contributed by atoms with van der Waals surface area (Å²) < 4.78 is 12.3. The Morgan fingerprint density at radius 1 is 1.05 bits per heavy atom. The molecule has 2 heterocycles. The predicted molar refractivity (Wildman–Crippen MR) is 160 cm³/mol. The highest BCUT2D eigenvalue weighted by Crippen LogP contribution is 2.42. The third kappa shape index (κ3) is 5.82. The van der Waals surface area contributed by atoms with Crippen molar-refractivity contribution in [3.8, 4) is 28.1 Å². The van der Waals surface area contributed by atoms with Crippen molar-refractivity contribution < 1.29 is 14.1 Å². The molecule has 0 unspecified atom stereocenters. The van der Waals surface area contributed by atoms with Crippen molar-refractivity contribution in [2.75, 3.05) is 13.6 Å². The van der Waals surface area contributed by atoms with Crippen molar-refractivity contribution in [2.45, 2.75) is 66.2 Å². The van der Waals surface area contributed by atoms with Crippen molar-refractivity contribution in [3.05, 3.63) is 94.2 Å². The van der Waals surface area contributed by atoms with Crippen LogP contribution in [0, 0.1) is 6.92 Å². The second-order valence-electron chi connectivity index (χ2n) is 11.5. The largest absolute Gasteiger partial charge is 0.488 e. The molecule has 0 saturated carbocycles. The summed E-state index contributed by atoms with van der Waals surface area (Å²) >= 11 is 0. The third-order valence-electron chi connectivity index (χ3n) is 7.50. The van der Waals surface area contributed by atoms with Gasteiger partial charge in [-0.15, -0.1) is 0 Å². The molecule has 40 heavy (non-hydrogen) atoms. The number of carbonyl (C=O) groups is 1. The summed E-state index contributed by atoms with van der Waals surface area (Å²) in [5.74, 6) is 0.971. The monoisotopic (exact) mass is 537 g/mol. The maximum absolute atomic E-state index is 13.4. The molecule has 0 saturated heterocycles. The predicted octanol–water partition coefficient (Wildman–Crippen LogP) is 7.15. The SMILES string of the molecule is Cc1cc(OCc2ccccc2)c(-c2noc(C(=O)NC(C)C)c2-c2ccc3c(c2)CCN(C)C3)cc1C(C)C. The van der Waals surface area contributed by atoms with Crippen LogP contribution in [0.2, 0.25) is 0 Å². The number of hydrogen-bond donors (Lipinski definition) is 1. The van der Waals surface area contributed by atoms with Gasteiger partial charge in [0, 0.05) is 24.7 Å². The lowest BCUT2D eigenvalue weighted by molar-refractivity contribution is 0.0907.